The lowest BCUT2D eigenvalue weighted by molar-refractivity contribution is 0.101. The van der Waals surface area contributed by atoms with E-state index in [4.69, 9.17) is 0 Å². The molecule has 0 atom stereocenters. The molecular weight excluding hydrogens is 258 g/mol. The van der Waals surface area contributed by atoms with Gasteiger partial charge in [-0.05, 0) is 48.1 Å². The Kier molecular flexibility index (Phi) is 5.04. The third-order valence-corrected chi connectivity index (χ3v) is 3.66. The number of ketones is 1. The highest BCUT2D eigenvalue weighted by Crippen LogP contribution is 2.19. The molecule has 1 aromatic carbocycles. The summed E-state index contributed by atoms with van der Waals surface area (Å²) in [5.74, 6) is 0.0426. The molecule has 0 N–H and O–H groups in total. The van der Waals surface area contributed by atoms with Crippen LogP contribution in [0.25, 0.3) is 12.2 Å². The van der Waals surface area contributed by atoms with Crippen molar-refractivity contribution in [2.24, 2.45) is 0 Å². The predicted octanol–water partition coefficient (Wildman–Crippen LogP) is 4.58. The zero-order chi connectivity index (χ0) is 15.2. The summed E-state index contributed by atoms with van der Waals surface area (Å²) < 4.78 is 0. The number of aromatic nitrogens is 1. The number of nitrogens with zero attached hydrogens (tertiary/aromatic N) is 1. The molecule has 0 aliphatic heterocycles. The maximum Gasteiger partial charge on any atom is 0.161 e. The molecule has 0 bridgehead atoms. The lowest BCUT2D eigenvalue weighted by atomic mass is 9.96. The van der Waals surface area contributed by atoms with E-state index >= 15 is 0 Å². The molecule has 2 heteroatoms. The third kappa shape index (κ3) is 3.66. The fourth-order valence-electron chi connectivity index (χ4n) is 2.42. The first-order valence-electron chi connectivity index (χ1n) is 7.40. The van der Waals surface area contributed by atoms with Gasteiger partial charge < -0.3 is 0 Å². The zero-order valence-corrected chi connectivity index (χ0v) is 12.9. The zero-order valence-electron chi connectivity index (χ0n) is 12.9. The molecule has 0 saturated carbocycles. The van der Waals surface area contributed by atoms with Crippen LogP contribution in [-0.4, -0.2) is 10.8 Å². The molecular formula is C19H21NO. The SMILES string of the molecule is CCc1cccc(CC)c1/C=C/c1cncc(C(C)=O)c1. The highest BCUT2D eigenvalue weighted by atomic mass is 16.1. The minimum atomic E-state index is 0.0426. The van der Waals surface area contributed by atoms with Crippen molar-refractivity contribution in [1.29, 1.82) is 0 Å². The number of carbonyl (C=O) groups excluding carboxylic acids is 1. The van der Waals surface area contributed by atoms with Crippen molar-refractivity contribution in [1.82, 2.24) is 4.98 Å². The van der Waals surface area contributed by atoms with Gasteiger partial charge in [-0.2, -0.15) is 0 Å². The molecule has 0 fully saturated rings. The van der Waals surface area contributed by atoms with Crippen molar-refractivity contribution in [2.45, 2.75) is 33.6 Å². The van der Waals surface area contributed by atoms with Crippen LogP contribution in [0.15, 0.2) is 36.7 Å². The second kappa shape index (κ2) is 6.98. The second-order valence-electron chi connectivity index (χ2n) is 5.09. The van der Waals surface area contributed by atoms with E-state index in [2.05, 4.69) is 43.1 Å². The van der Waals surface area contributed by atoms with Crippen molar-refractivity contribution >= 4 is 17.9 Å². The number of rotatable bonds is 5. The van der Waals surface area contributed by atoms with Crippen LogP contribution < -0.4 is 0 Å². The van der Waals surface area contributed by atoms with Gasteiger partial charge in [0.2, 0.25) is 0 Å². The maximum absolute atomic E-state index is 11.4. The van der Waals surface area contributed by atoms with Crippen LogP contribution in [0, 0.1) is 0 Å². The van der Waals surface area contributed by atoms with Gasteiger partial charge in [0.05, 0.1) is 0 Å². The monoisotopic (exact) mass is 279 g/mol. The molecule has 2 rings (SSSR count). The number of Topliss-reactive ketones (excluding diaryl/α,β-unsaturated/α-hetero) is 1. The van der Waals surface area contributed by atoms with Crippen molar-refractivity contribution < 1.29 is 4.79 Å². The van der Waals surface area contributed by atoms with Crippen LogP contribution in [0.3, 0.4) is 0 Å². The summed E-state index contributed by atoms with van der Waals surface area (Å²) in [6, 6.07) is 8.34. The summed E-state index contributed by atoms with van der Waals surface area (Å²) in [4.78, 5) is 15.5. The minimum Gasteiger partial charge on any atom is -0.294 e. The molecule has 0 aliphatic rings. The first-order valence-corrected chi connectivity index (χ1v) is 7.40. The molecule has 0 unspecified atom stereocenters. The Balaban J connectivity index is 2.37. The van der Waals surface area contributed by atoms with Crippen LogP contribution >= 0.6 is 0 Å². The van der Waals surface area contributed by atoms with Crippen LogP contribution in [0.2, 0.25) is 0 Å². The normalized spacial score (nSPS) is 11.0. The number of hydrogen-bond acceptors (Lipinski definition) is 2. The first-order chi connectivity index (χ1) is 10.2. The Morgan fingerprint density at radius 3 is 2.33 bits per heavy atom. The van der Waals surface area contributed by atoms with Gasteiger partial charge in [-0.3, -0.25) is 9.78 Å². The third-order valence-electron chi connectivity index (χ3n) is 3.66. The highest BCUT2D eigenvalue weighted by Gasteiger charge is 2.03. The number of carbonyl (C=O) groups is 1. The van der Waals surface area contributed by atoms with E-state index in [-0.39, 0.29) is 5.78 Å². The fraction of sp³-hybridized carbons (Fsp3) is 0.263. The standard InChI is InChI=1S/C19H21NO/c1-4-16-7-6-8-17(5-2)19(16)10-9-15-11-18(14(3)21)13-20-12-15/h6-13H,4-5H2,1-3H3/b10-9+. The molecule has 0 aliphatic carbocycles. The van der Waals surface area contributed by atoms with Gasteiger partial charge in [-0.1, -0.05) is 44.2 Å². The van der Waals surface area contributed by atoms with Gasteiger partial charge >= 0.3 is 0 Å². The lowest BCUT2D eigenvalue weighted by Crippen LogP contribution is -1.94. The molecule has 0 amide bonds. The maximum atomic E-state index is 11.4. The van der Waals surface area contributed by atoms with E-state index in [0.29, 0.717) is 5.56 Å². The molecule has 0 spiro atoms. The smallest absolute Gasteiger partial charge is 0.161 e. The van der Waals surface area contributed by atoms with Crippen molar-refractivity contribution in [3.63, 3.8) is 0 Å². The van der Waals surface area contributed by atoms with Crippen LogP contribution in [0.1, 0.15) is 53.4 Å². The van der Waals surface area contributed by atoms with Gasteiger partial charge in [0.1, 0.15) is 0 Å². The molecule has 21 heavy (non-hydrogen) atoms. The van der Waals surface area contributed by atoms with Gasteiger partial charge in [0.25, 0.3) is 0 Å². The summed E-state index contributed by atoms with van der Waals surface area (Å²) in [7, 11) is 0. The van der Waals surface area contributed by atoms with E-state index in [0.717, 1.165) is 18.4 Å². The Morgan fingerprint density at radius 2 is 1.76 bits per heavy atom. The van der Waals surface area contributed by atoms with Crippen molar-refractivity contribution in [3.05, 3.63) is 64.5 Å². The Hall–Kier alpha value is -2.22. The van der Waals surface area contributed by atoms with E-state index in [1.165, 1.54) is 16.7 Å². The van der Waals surface area contributed by atoms with Gasteiger partial charge in [0, 0.05) is 18.0 Å². The average molecular weight is 279 g/mol. The largest absolute Gasteiger partial charge is 0.294 e. The Bertz CT molecular complexity index is 649. The fourth-order valence-corrected chi connectivity index (χ4v) is 2.42. The summed E-state index contributed by atoms with van der Waals surface area (Å²) in [6.07, 6.45) is 9.59. The number of hydrogen-bond donors (Lipinski definition) is 0. The topological polar surface area (TPSA) is 30.0 Å². The van der Waals surface area contributed by atoms with Gasteiger partial charge in [0.15, 0.2) is 5.78 Å². The quantitative estimate of drug-likeness (QED) is 0.750. The van der Waals surface area contributed by atoms with E-state index in [9.17, 15) is 4.79 Å². The van der Waals surface area contributed by atoms with E-state index < -0.39 is 0 Å². The summed E-state index contributed by atoms with van der Waals surface area (Å²) >= 11 is 0. The number of aryl methyl sites for hydroxylation is 2. The molecule has 0 radical (unpaired) electrons. The van der Waals surface area contributed by atoms with Crippen LogP contribution in [0.5, 0.6) is 0 Å². The molecule has 2 nitrogen and oxygen atoms in total. The second-order valence-corrected chi connectivity index (χ2v) is 5.09. The first kappa shape index (κ1) is 15.2. The lowest BCUT2D eigenvalue weighted by Gasteiger charge is -2.09. The Morgan fingerprint density at radius 1 is 1.10 bits per heavy atom. The van der Waals surface area contributed by atoms with Gasteiger partial charge in [-0.25, -0.2) is 0 Å². The number of pyridine rings is 1. The number of benzene rings is 1. The predicted molar refractivity (Wildman–Crippen MR) is 88.4 cm³/mol. The summed E-state index contributed by atoms with van der Waals surface area (Å²) in [5.41, 5.74) is 5.59. The highest BCUT2D eigenvalue weighted by molar-refractivity contribution is 5.94. The van der Waals surface area contributed by atoms with Gasteiger partial charge in [-0.15, -0.1) is 0 Å². The summed E-state index contributed by atoms with van der Waals surface area (Å²) in [6.45, 7) is 5.90. The molecule has 0 saturated heterocycles. The molecule has 108 valence electrons. The molecule has 1 aromatic heterocycles. The molecule has 2 aromatic rings. The average Bonchev–Trinajstić information content (AvgIpc) is 2.52. The van der Waals surface area contributed by atoms with E-state index in [1.54, 1.807) is 19.3 Å². The minimum absolute atomic E-state index is 0.0426. The van der Waals surface area contributed by atoms with Crippen molar-refractivity contribution in [2.75, 3.05) is 0 Å². The Labute approximate surface area is 126 Å². The van der Waals surface area contributed by atoms with Crippen LogP contribution in [-0.2, 0) is 12.8 Å². The van der Waals surface area contributed by atoms with E-state index in [1.807, 2.05) is 12.1 Å². The summed E-state index contributed by atoms with van der Waals surface area (Å²) in [5, 5.41) is 0. The van der Waals surface area contributed by atoms with Crippen LogP contribution in [0.4, 0.5) is 0 Å². The molecule has 1 heterocycles. The van der Waals surface area contributed by atoms with Crippen molar-refractivity contribution in [3.8, 4) is 0 Å².